The average Bonchev–Trinajstić information content (AvgIpc) is 0. The summed E-state index contributed by atoms with van der Waals surface area (Å²) in [6.07, 6.45) is 0. The van der Waals surface area contributed by atoms with Gasteiger partial charge in [0.25, 0.3) is 0 Å². The van der Waals surface area contributed by atoms with E-state index in [1.165, 1.54) is 0 Å². The molecule has 0 saturated carbocycles. The molecule has 0 aromatic rings. The Morgan fingerprint density at radius 2 is 1.00 bits per heavy atom. The van der Waals surface area contributed by atoms with E-state index >= 15 is 0 Å². The number of rotatable bonds is 0. The quantitative estimate of drug-likeness (QED) is 0.498. The molecule has 4 heteroatoms. The van der Waals surface area contributed by atoms with Crippen LogP contribution < -0.4 is 0 Å². The molecule has 0 aliphatic heterocycles. The van der Waals surface area contributed by atoms with E-state index in [1.807, 2.05) is 0 Å². The summed E-state index contributed by atoms with van der Waals surface area (Å²) in [7, 11) is 0. The SMILES string of the molecule is S.[PbH2].[Ti].[Zn]. The van der Waals surface area contributed by atoms with Gasteiger partial charge in [-0.2, -0.15) is 13.5 Å². The predicted molar refractivity (Wildman–Crippen MR) is 18.9 cm³/mol. The molecule has 0 amide bonds. The van der Waals surface area contributed by atoms with Gasteiger partial charge in [-0.3, -0.25) is 0 Å². The summed E-state index contributed by atoms with van der Waals surface area (Å²) >= 11 is 0. The van der Waals surface area contributed by atoms with Gasteiger partial charge in [0.05, 0.1) is 0 Å². The van der Waals surface area contributed by atoms with Crippen molar-refractivity contribution in [1.82, 2.24) is 0 Å². The Morgan fingerprint density at radius 3 is 1.00 bits per heavy atom. The van der Waals surface area contributed by atoms with Gasteiger partial charge in [0, 0.05) is 41.2 Å². The third-order valence-electron chi connectivity index (χ3n) is 0. The minimum Gasteiger partial charge on any atom is 0 e. The smallest absolute Gasteiger partial charge is 0 e. The van der Waals surface area contributed by atoms with Gasteiger partial charge in [-0.25, -0.2) is 0 Å². The normalized spacial score (nSPS) is 0. The fraction of sp³-hybridized carbons (Fsp3) is 0. The first-order valence-electron chi connectivity index (χ1n) is 0. The minimum atomic E-state index is 0. The maximum atomic E-state index is 0. The van der Waals surface area contributed by atoms with Crippen LogP contribution in [-0.2, 0) is 41.2 Å². The second-order valence-electron chi connectivity index (χ2n) is 0. The molecule has 0 spiro atoms. The molecular weight excluding hydrogens is 353 g/mol. The van der Waals surface area contributed by atoms with Gasteiger partial charge in [-0.1, -0.05) is 0 Å². The third-order valence-corrected chi connectivity index (χ3v) is 0. The third kappa shape index (κ3) is 8.82. The summed E-state index contributed by atoms with van der Waals surface area (Å²) in [6.45, 7) is 0. The van der Waals surface area contributed by atoms with E-state index in [0.717, 1.165) is 0 Å². The Hall–Kier alpha value is 2.61. The molecule has 0 fully saturated rings. The van der Waals surface area contributed by atoms with E-state index in [1.54, 1.807) is 0 Å². The molecule has 20 valence electrons. The van der Waals surface area contributed by atoms with E-state index in [4.69, 9.17) is 0 Å². The largest absolute Gasteiger partial charge is 0 e. The van der Waals surface area contributed by atoms with E-state index in [0.29, 0.717) is 0 Å². The van der Waals surface area contributed by atoms with Gasteiger partial charge < -0.3 is 0 Å². The Morgan fingerprint density at radius 1 is 1.00 bits per heavy atom. The summed E-state index contributed by atoms with van der Waals surface area (Å²) in [5, 5.41) is 0. The zero-order chi connectivity index (χ0) is 0. The molecule has 0 saturated heterocycles. The van der Waals surface area contributed by atoms with Crippen LogP contribution in [0, 0.1) is 0 Å². The monoisotopic (exact) mass is 356 g/mol. The van der Waals surface area contributed by atoms with Crippen LogP contribution in [0.15, 0.2) is 0 Å². The van der Waals surface area contributed by atoms with Crippen LogP contribution in [0.25, 0.3) is 0 Å². The van der Waals surface area contributed by atoms with Gasteiger partial charge in [0.2, 0.25) is 0 Å². The molecule has 0 aliphatic carbocycles. The Labute approximate surface area is 80.7 Å². The average molecular weight is 357 g/mol. The maximum absolute atomic E-state index is 0. The molecule has 2 radical (unpaired) electrons. The van der Waals surface area contributed by atoms with E-state index in [9.17, 15) is 0 Å². The van der Waals surface area contributed by atoms with Crippen LogP contribution in [0.2, 0.25) is 0 Å². The molecule has 0 N–H and O–H groups in total. The summed E-state index contributed by atoms with van der Waals surface area (Å²) < 4.78 is 0. The topological polar surface area (TPSA) is 0 Å². The fourth-order valence-corrected chi connectivity index (χ4v) is 0. The van der Waals surface area contributed by atoms with Crippen molar-refractivity contribution in [3.05, 3.63) is 0 Å². The van der Waals surface area contributed by atoms with Crippen LogP contribution in [-0.4, -0.2) is 27.3 Å². The zero-order valence-electron chi connectivity index (χ0n) is 2.41. The molecule has 0 bridgehead atoms. The van der Waals surface area contributed by atoms with Crippen LogP contribution in [0.3, 0.4) is 0 Å². The van der Waals surface area contributed by atoms with Crippen LogP contribution in [0.4, 0.5) is 0 Å². The summed E-state index contributed by atoms with van der Waals surface area (Å²) in [6, 6.07) is 0. The van der Waals surface area contributed by atoms with Crippen molar-refractivity contribution in [3.63, 3.8) is 0 Å². The molecule has 0 aliphatic rings. The van der Waals surface area contributed by atoms with E-state index in [2.05, 4.69) is 0 Å². The molecule has 0 rings (SSSR count). The first-order valence-corrected chi connectivity index (χ1v) is 0. The van der Waals surface area contributed by atoms with Gasteiger partial charge in [-0.15, -0.1) is 0 Å². The van der Waals surface area contributed by atoms with Crippen molar-refractivity contribution in [2.24, 2.45) is 0 Å². The second-order valence-corrected chi connectivity index (χ2v) is 0. The molecule has 0 aromatic heterocycles. The molecule has 0 unspecified atom stereocenters. The molecule has 0 atom stereocenters. The van der Waals surface area contributed by atoms with Crippen molar-refractivity contribution in [3.8, 4) is 0 Å². The molecule has 0 nitrogen and oxygen atoms in total. The Bertz CT molecular complexity index is 8.00. The fourth-order valence-electron chi connectivity index (χ4n) is 0. The van der Waals surface area contributed by atoms with Crippen LogP contribution in [0.1, 0.15) is 0 Å². The van der Waals surface area contributed by atoms with Crippen LogP contribution in [0.5, 0.6) is 0 Å². The summed E-state index contributed by atoms with van der Waals surface area (Å²) in [4.78, 5) is 0. The number of hydrogen-bond donors (Lipinski definition) is 0. The van der Waals surface area contributed by atoms with E-state index < -0.39 is 0 Å². The molecule has 4 heavy (non-hydrogen) atoms. The van der Waals surface area contributed by atoms with Gasteiger partial charge >= 0.3 is 27.3 Å². The van der Waals surface area contributed by atoms with Gasteiger partial charge in [0.1, 0.15) is 0 Å². The van der Waals surface area contributed by atoms with Crippen molar-refractivity contribution in [2.45, 2.75) is 0 Å². The van der Waals surface area contributed by atoms with Crippen molar-refractivity contribution in [2.75, 3.05) is 0 Å². The van der Waals surface area contributed by atoms with Crippen molar-refractivity contribution >= 4 is 40.8 Å². The van der Waals surface area contributed by atoms with E-state index in [-0.39, 0.29) is 82.0 Å². The van der Waals surface area contributed by atoms with Crippen LogP contribution >= 0.6 is 13.5 Å². The van der Waals surface area contributed by atoms with Gasteiger partial charge in [0.15, 0.2) is 0 Å². The first kappa shape index (κ1) is 30.5. The van der Waals surface area contributed by atoms with Gasteiger partial charge in [-0.05, 0) is 0 Å². The van der Waals surface area contributed by atoms with Crippen molar-refractivity contribution < 1.29 is 41.2 Å². The summed E-state index contributed by atoms with van der Waals surface area (Å²) in [5.41, 5.74) is 0. The van der Waals surface area contributed by atoms with Crippen molar-refractivity contribution in [1.29, 1.82) is 0 Å². The predicted octanol–water partition coefficient (Wildman–Crippen LogP) is -0.808. The molecule has 0 aromatic carbocycles. The molecular formula is H4PbSTiZn. The molecule has 0 heterocycles. The minimum absolute atomic E-state index is 0. The standard InChI is InChI=1S/Pb.H2S.Ti.Zn.2H/h;1H2;;;;. The Kier molecular flexibility index (Phi) is 134. The zero-order valence-corrected chi connectivity index (χ0v) is 13.4. The number of hydrogen-bond acceptors (Lipinski definition) is 0. The maximum Gasteiger partial charge on any atom is 0 e. The first-order chi connectivity index (χ1) is 0. The summed E-state index contributed by atoms with van der Waals surface area (Å²) in [5.74, 6) is 0. The second kappa shape index (κ2) is 17.5. The Balaban J connectivity index is 0.